The molecule has 0 radical (unpaired) electrons. The fraction of sp³-hybridized carbons (Fsp3) is 0. The topological polar surface area (TPSA) is 159 Å². The van der Waals surface area contributed by atoms with E-state index >= 15 is 0 Å². The maximum absolute atomic E-state index is 11.8. The van der Waals surface area contributed by atoms with E-state index in [-0.39, 0.29) is 22.6 Å². The second-order valence-electron chi connectivity index (χ2n) is 5.44. The first kappa shape index (κ1) is 19.3. The summed E-state index contributed by atoms with van der Waals surface area (Å²) in [6, 6.07) is 3.95. The highest BCUT2D eigenvalue weighted by Crippen LogP contribution is 2.33. The predicted octanol–water partition coefficient (Wildman–Crippen LogP) is 2.66. The Hall–Kier alpha value is -4.07. The number of phenolic OH excluding ortho intramolecular Hbond substituents is 6. The molecule has 0 aliphatic heterocycles. The number of carbonyl (C=O) groups excluding carboxylic acids is 1. The maximum Gasteiger partial charge on any atom is 0.182 e. The van der Waals surface area contributed by atoms with Crippen molar-refractivity contribution in [3.8, 4) is 34.5 Å². The van der Waals surface area contributed by atoms with E-state index in [2.05, 4.69) is 0 Å². The molecule has 0 aromatic heterocycles. The summed E-state index contributed by atoms with van der Waals surface area (Å²) in [5.74, 6) is -3.77. The van der Waals surface area contributed by atoms with Gasteiger partial charge >= 0.3 is 0 Å². The van der Waals surface area contributed by atoms with Crippen LogP contribution in [0.25, 0.3) is 12.2 Å². The Bertz CT molecular complexity index is 970. The first-order valence-corrected chi connectivity index (χ1v) is 7.48. The summed E-state index contributed by atoms with van der Waals surface area (Å²) in [4.78, 5) is 11.8. The molecule has 0 spiro atoms. The fourth-order valence-electron chi connectivity index (χ4n) is 2.02. The minimum absolute atomic E-state index is 0.0755. The number of ketones is 1. The number of carbonyl (C=O) groups is 1. The zero-order chi connectivity index (χ0) is 20.1. The molecule has 0 amide bonds. The van der Waals surface area contributed by atoms with Crippen LogP contribution < -0.4 is 0 Å². The van der Waals surface area contributed by atoms with Gasteiger partial charge in [-0.3, -0.25) is 4.79 Å². The highest BCUT2D eigenvalue weighted by molar-refractivity contribution is 6.02. The van der Waals surface area contributed by atoms with Crippen molar-refractivity contribution in [1.29, 1.82) is 0 Å². The molecule has 0 saturated heterocycles. The van der Waals surface area contributed by atoms with Crippen LogP contribution in [0.4, 0.5) is 0 Å². The number of aliphatic hydroxyl groups excluding tert-OH is 1. The number of hydrogen-bond donors (Lipinski definition) is 7. The van der Waals surface area contributed by atoms with Gasteiger partial charge in [0.25, 0.3) is 0 Å². The van der Waals surface area contributed by atoms with E-state index in [1.165, 1.54) is 12.2 Å². The highest BCUT2D eigenvalue weighted by atomic mass is 16.3. The van der Waals surface area contributed by atoms with Crippen LogP contribution in [0.5, 0.6) is 34.5 Å². The number of aromatic hydroxyl groups is 6. The predicted molar refractivity (Wildman–Crippen MR) is 96.7 cm³/mol. The molecule has 0 saturated carbocycles. The van der Waals surface area contributed by atoms with Gasteiger partial charge in [-0.05, 0) is 36.4 Å². The van der Waals surface area contributed by atoms with E-state index in [1.54, 1.807) is 0 Å². The molecule has 8 nitrogen and oxygen atoms in total. The summed E-state index contributed by atoms with van der Waals surface area (Å²) in [5.41, 5.74) is 0.171. The standard InChI is InChI=1S/C19H16O8/c20-12(3-1-10-5-16(24)18(26)8-14(10)22)7-13(21)4-2-11-6-17(25)19(27)9-15(11)23/h1-9,20,22-27H/b3-1+,4-2+,12-7+. The maximum atomic E-state index is 11.8. The van der Waals surface area contributed by atoms with Gasteiger partial charge in [0.15, 0.2) is 28.8 Å². The van der Waals surface area contributed by atoms with E-state index in [0.717, 1.165) is 42.5 Å². The van der Waals surface area contributed by atoms with Gasteiger partial charge in [-0.2, -0.15) is 0 Å². The number of phenols is 6. The first-order chi connectivity index (χ1) is 12.7. The van der Waals surface area contributed by atoms with Crippen LogP contribution in [0.2, 0.25) is 0 Å². The largest absolute Gasteiger partial charge is 0.508 e. The van der Waals surface area contributed by atoms with Gasteiger partial charge in [-0.1, -0.05) is 0 Å². The lowest BCUT2D eigenvalue weighted by atomic mass is 10.1. The lowest BCUT2D eigenvalue weighted by molar-refractivity contribution is -0.110. The van der Waals surface area contributed by atoms with Crippen molar-refractivity contribution < 1.29 is 40.5 Å². The molecule has 0 bridgehead atoms. The minimum atomic E-state index is -0.651. The molecule has 140 valence electrons. The highest BCUT2D eigenvalue weighted by Gasteiger charge is 2.07. The van der Waals surface area contributed by atoms with Crippen molar-refractivity contribution in [2.24, 2.45) is 0 Å². The Morgan fingerprint density at radius 3 is 1.52 bits per heavy atom. The molecule has 2 rings (SSSR count). The van der Waals surface area contributed by atoms with Gasteiger partial charge in [-0.25, -0.2) is 0 Å². The van der Waals surface area contributed by atoms with Gasteiger partial charge in [0.2, 0.25) is 0 Å². The average molecular weight is 372 g/mol. The van der Waals surface area contributed by atoms with Crippen molar-refractivity contribution in [2.45, 2.75) is 0 Å². The molecule has 0 atom stereocenters. The molecule has 0 aliphatic carbocycles. The van der Waals surface area contributed by atoms with Gasteiger partial charge in [0.1, 0.15) is 17.3 Å². The van der Waals surface area contributed by atoms with E-state index in [0.29, 0.717) is 0 Å². The van der Waals surface area contributed by atoms with Crippen molar-refractivity contribution in [2.75, 3.05) is 0 Å². The lowest BCUT2D eigenvalue weighted by Crippen LogP contribution is -1.89. The Morgan fingerprint density at radius 2 is 1.04 bits per heavy atom. The zero-order valence-electron chi connectivity index (χ0n) is 13.7. The molecule has 2 aromatic carbocycles. The summed E-state index contributed by atoms with van der Waals surface area (Å²) in [7, 11) is 0. The third kappa shape index (κ3) is 4.95. The molecule has 0 fully saturated rings. The van der Waals surface area contributed by atoms with Crippen molar-refractivity contribution in [3.63, 3.8) is 0 Å². The Labute approximate surface area is 153 Å². The van der Waals surface area contributed by atoms with Crippen LogP contribution in [0.1, 0.15) is 11.1 Å². The average Bonchev–Trinajstić information content (AvgIpc) is 2.59. The quantitative estimate of drug-likeness (QED) is 0.139. The smallest absolute Gasteiger partial charge is 0.182 e. The van der Waals surface area contributed by atoms with E-state index in [4.69, 9.17) is 0 Å². The zero-order valence-corrected chi connectivity index (χ0v) is 13.7. The van der Waals surface area contributed by atoms with Crippen LogP contribution in [0.3, 0.4) is 0 Å². The van der Waals surface area contributed by atoms with Crippen LogP contribution in [-0.4, -0.2) is 41.5 Å². The van der Waals surface area contributed by atoms with Crippen LogP contribution in [0.15, 0.2) is 48.3 Å². The third-order valence-corrected chi connectivity index (χ3v) is 3.40. The Kier molecular flexibility index (Phi) is 5.62. The molecule has 0 heterocycles. The number of aliphatic hydroxyl groups is 1. The fourth-order valence-corrected chi connectivity index (χ4v) is 2.02. The van der Waals surface area contributed by atoms with Crippen molar-refractivity contribution >= 4 is 17.9 Å². The molecule has 8 heteroatoms. The Balaban J connectivity index is 2.13. The summed E-state index contributed by atoms with van der Waals surface area (Å²) >= 11 is 0. The minimum Gasteiger partial charge on any atom is -0.508 e. The summed E-state index contributed by atoms with van der Waals surface area (Å²) in [6.07, 6.45) is 5.33. The van der Waals surface area contributed by atoms with Gasteiger partial charge in [0, 0.05) is 29.3 Å². The molecule has 27 heavy (non-hydrogen) atoms. The Morgan fingerprint density at radius 1 is 0.630 bits per heavy atom. The van der Waals surface area contributed by atoms with E-state index < -0.39 is 34.5 Å². The van der Waals surface area contributed by atoms with Crippen molar-refractivity contribution in [3.05, 3.63) is 59.4 Å². The summed E-state index contributed by atoms with van der Waals surface area (Å²) in [5, 5.41) is 66.2. The molecule has 0 aliphatic rings. The SMILES string of the molecule is O=C(/C=C/c1cc(O)c(O)cc1O)/C=C(O)\C=C\c1cc(O)c(O)cc1O. The van der Waals surface area contributed by atoms with Gasteiger partial charge in [0.05, 0.1) is 0 Å². The number of hydrogen-bond acceptors (Lipinski definition) is 8. The van der Waals surface area contributed by atoms with Gasteiger partial charge in [-0.15, -0.1) is 0 Å². The van der Waals surface area contributed by atoms with Crippen molar-refractivity contribution in [1.82, 2.24) is 0 Å². The van der Waals surface area contributed by atoms with Crippen LogP contribution in [0, 0.1) is 0 Å². The number of allylic oxidation sites excluding steroid dienone is 3. The molecule has 0 unspecified atom stereocenters. The van der Waals surface area contributed by atoms with E-state index in [1.807, 2.05) is 0 Å². The second kappa shape index (κ2) is 7.87. The summed E-state index contributed by atoms with van der Waals surface area (Å²) < 4.78 is 0. The van der Waals surface area contributed by atoms with Crippen LogP contribution >= 0.6 is 0 Å². The monoisotopic (exact) mass is 372 g/mol. The number of rotatable bonds is 5. The molecular weight excluding hydrogens is 356 g/mol. The number of benzene rings is 2. The molecule has 2 aromatic rings. The summed E-state index contributed by atoms with van der Waals surface area (Å²) in [6.45, 7) is 0. The van der Waals surface area contributed by atoms with Crippen LogP contribution in [-0.2, 0) is 4.79 Å². The molecular formula is C19H16O8. The third-order valence-electron chi connectivity index (χ3n) is 3.40. The first-order valence-electron chi connectivity index (χ1n) is 7.48. The van der Waals surface area contributed by atoms with Gasteiger partial charge < -0.3 is 35.7 Å². The van der Waals surface area contributed by atoms with E-state index in [9.17, 15) is 40.5 Å². The molecule has 7 N–H and O–H groups in total. The normalized spacial score (nSPS) is 12.1. The second-order valence-corrected chi connectivity index (χ2v) is 5.44. The lowest BCUT2D eigenvalue weighted by Gasteiger charge is -2.02.